The summed E-state index contributed by atoms with van der Waals surface area (Å²) >= 11 is 0. The van der Waals surface area contributed by atoms with Crippen molar-refractivity contribution in [3.05, 3.63) is 36.9 Å². The van der Waals surface area contributed by atoms with Crippen LogP contribution in [0, 0.1) is 5.92 Å². The maximum Gasteiger partial charge on any atom is 0.228 e. The van der Waals surface area contributed by atoms with E-state index < -0.39 is 0 Å². The second-order valence-electron chi connectivity index (χ2n) is 7.49. The summed E-state index contributed by atoms with van der Waals surface area (Å²) in [7, 11) is 3.59. The number of pyridine rings is 2. The third-order valence-corrected chi connectivity index (χ3v) is 5.43. The molecule has 0 aromatic carbocycles. The number of ether oxygens (including phenoxy) is 1. The van der Waals surface area contributed by atoms with Gasteiger partial charge in [0.25, 0.3) is 0 Å². The number of aromatic nitrogens is 4. The first-order valence-corrected chi connectivity index (χ1v) is 9.89. The van der Waals surface area contributed by atoms with E-state index in [0.717, 1.165) is 61.1 Å². The van der Waals surface area contributed by atoms with Crippen LogP contribution in [-0.4, -0.2) is 63.9 Å². The molecule has 0 bridgehead atoms. The minimum atomic E-state index is 0.0229. The quantitative estimate of drug-likeness (QED) is 0.691. The van der Waals surface area contributed by atoms with Gasteiger partial charge in [-0.3, -0.25) is 14.5 Å². The Balaban J connectivity index is 1.43. The molecule has 3 aromatic heterocycles. The molecule has 8 heteroatoms. The van der Waals surface area contributed by atoms with Gasteiger partial charge in [0.1, 0.15) is 5.82 Å². The highest BCUT2D eigenvalue weighted by atomic mass is 16.5. The van der Waals surface area contributed by atoms with Gasteiger partial charge in [-0.15, -0.1) is 0 Å². The Kier molecular flexibility index (Phi) is 5.82. The summed E-state index contributed by atoms with van der Waals surface area (Å²) in [6.07, 6.45) is 8.98. The fraction of sp³-hybridized carbons (Fsp3) is 0.429. The zero-order chi connectivity index (χ0) is 20.2. The molecule has 1 fully saturated rings. The van der Waals surface area contributed by atoms with E-state index in [1.807, 2.05) is 25.4 Å². The van der Waals surface area contributed by atoms with E-state index in [2.05, 4.69) is 25.3 Å². The lowest BCUT2D eigenvalue weighted by Gasteiger charge is -2.30. The summed E-state index contributed by atoms with van der Waals surface area (Å²) in [5.74, 6) is 0.645. The first-order chi connectivity index (χ1) is 14.1. The number of nitrogens with one attached hydrogen (secondary N) is 1. The predicted octanol–water partition coefficient (Wildman–Crippen LogP) is 2.33. The van der Waals surface area contributed by atoms with Gasteiger partial charge in [-0.2, -0.15) is 5.10 Å². The van der Waals surface area contributed by atoms with Gasteiger partial charge in [0, 0.05) is 56.2 Å². The highest BCUT2D eigenvalue weighted by molar-refractivity contribution is 5.94. The number of methoxy groups -OCH3 is 1. The Bertz CT molecular complexity index is 994. The van der Waals surface area contributed by atoms with Crippen LogP contribution in [0.2, 0.25) is 0 Å². The van der Waals surface area contributed by atoms with Crippen molar-refractivity contribution in [2.45, 2.75) is 12.8 Å². The summed E-state index contributed by atoms with van der Waals surface area (Å²) in [4.78, 5) is 23.9. The van der Waals surface area contributed by atoms with E-state index in [1.54, 1.807) is 30.4 Å². The van der Waals surface area contributed by atoms with E-state index in [9.17, 15) is 4.79 Å². The highest BCUT2D eigenvalue weighted by Gasteiger charge is 2.25. The summed E-state index contributed by atoms with van der Waals surface area (Å²) in [5.41, 5.74) is 1.80. The van der Waals surface area contributed by atoms with Crippen LogP contribution in [0.3, 0.4) is 0 Å². The third kappa shape index (κ3) is 4.60. The Morgan fingerprint density at radius 2 is 1.97 bits per heavy atom. The Morgan fingerprint density at radius 1 is 1.17 bits per heavy atom. The number of likely N-dealkylation sites (tertiary alicyclic amines) is 1. The second kappa shape index (κ2) is 8.67. The topological polar surface area (TPSA) is 85.2 Å². The van der Waals surface area contributed by atoms with Crippen molar-refractivity contribution in [1.29, 1.82) is 0 Å². The molecule has 0 spiro atoms. The van der Waals surface area contributed by atoms with Gasteiger partial charge in [-0.1, -0.05) is 0 Å². The highest BCUT2D eigenvalue weighted by Crippen LogP contribution is 2.24. The number of hydrogen-bond donors (Lipinski definition) is 1. The van der Waals surface area contributed by atoms with Crippen molar-refractivity contribution in [3.63, 3.8) is 0 Å². The van der Waals surface area contributed by atoms with Crippen LogP contribution >= 0.6 is 0 Å². The summed E-state index contributed by atoms with van der Waals surface area (Å²) in [6, 6.07) is 3.90. The molecule has 4 heterocycles. The van der Waals surface area contributed by atoms with Gasteiger partial charge in [0.2, 0.25) is 5.91 Å². The van der Waals surface area contributed by atoms with Gasteiger partial charge in [0.05, 0.1) is 18.5 Å². The fourth-order valence-corrected chi connectivity index (χ4v) is 3.69. The minimum Gasteiger partial charge on any atom is -0.383 e. The van der Waals surface area contributed by atoms with Crippen LogP contribution < -0.4 is 5.32 Å². The third-order valence-electron chi connectivity index (χ3n) is 5.43. The number of rotatable bonds is 6. The summed E-state index contributed by atoms with van der Waals surface area (Å²) in [6.45, 7) is 3.50. The largest absolute Gasteiger partial charge is 0.383 e. The molecule has 1 aliphatic heterocycles. The molecule has 1 N–H and O–H groups in total. The average Bonchev–Trinajstić information content (AvgIpc) is 3.18. The van der Waals surface area contributed by atoms with Gasteiger partial charge in [-0.05, 0) is 43.5 Å². The molecule has 0 aliphatic carbocycles. The normalized spacial score (nSPS) is 15.7. The number of carbonyl (C=O) groups is 1. The van der Waals surface area contributed by atoms with Crippen molar-refractivity contribution in [1.82, 2.24) is 24.6 Å². The van der Waals surface area contributed by atoms with E-state index in [1.165, 1.54) is 0 Å². The van der Waals surface area contributed by atoms with Crippen LogP contribution in [0.5, 0.6) is 0 Å². The van der Waals surface area contributed by atoms with Gasteiger partial charge in [0.15, 0.2) is 0 Å². The molecule has 152 valence electrons. The SMILES string of the molecule is COCCN1CCC(C(=O)Nc2cc3cc(-c4cnn(C)c4)ncc3cn2)CC1. The average molecular weight is 394 g/mol. The van der Waals surface area contributed by atoms with E-state index in [-0.39, 0.29) is 11.8 Å². The van der Waals surface area contributed by atoms with Crippen LogP contribution in [0.4, 0.5) is 5.82 Å². The molecule has 1 aliphatic rings. The monoisotopic (exact) mass is 394 g/mol. The van der Waals surface area contributed by atoms with Gasteiger partial charge >= 0.3 is 0 Å². The van der Waals surface area contributed by atoms with Crippen LogP contribution in [0.15, 0.2) is 36.9 Å². The lowest BCUT2D eigenvalue weighted by Crippen LogP contribution is -2.39. The van der Waals surface area contributed by atoms with Crippen molar-refractivity contribution < 1.29 is 9.53 Å². The number of anilines is 1. The van der Waals surface area contributed by atoms with Gasteiger partial charge in [-0.25, -0.2) is 4.98 Å². The molecule has 1 saturated heterocycles. The van der Waals surface area contributed by atoms with E-state index in [0.29, 0.717) is 5.82 Å². The molecule has 0 unspecified atom stereocenters. The molecule has 1 amide bonds. The first-order valence-electron chi connectivity index (χ1n) is 9.89. The molecular formula is C21H26N6O2. The number of hydrogen-bond acceptors (Lipinski definition) is 6. The molecule has 0 radical (unpaired) electrons. The zero-order valence-corrected chi connectivity index (χ0v) is 16.8. The second-order valence-corrected chi connectivity index (χ2v) is 7.49. The fourth-order valence-electron chi connectivity index (χ4n) is 3.69. The lowest BCUT2D eigenvalue weighted by molar-refractivity contribution is -0.121. The van der Waals surface area contributed by atoms with Crippen molar-refractivity contribution in [2.75, 3.05) is 38.7 Å². The first kappa shape index (κ1) is 19.5. The summed E-state index contributed by atoms with van der Waals surface area (Å²) in [5, 5.41) is 9.11. The summed E-state index contributed by atoms with van der Waals surface area (Å²) < 4.78 is 6.88. The van der Waals surface area contributed by atoms with E-state index >= 15 is 0 Å². The maximum absolute atomic E-state index is 12.7. The maximum atomic E-state index is 12.7. The molecule has 29 heavy (non-hydrogen) atoms. The molecule has 8 nitrogen and oxygen atoms in total. The Hall–Kier alpha value is -2.84. The van der Waals surface area contributed by atoms with Crippen LogP contribution in [-0.2, 0) is 16.6 Å². The number of nitrogens with zero attached hydrogens (tertiary/aromatic N) is 5. The number of amides is 1. The lowest BCUT2D eigenvalue weighted by atomic mass is 9.96. The minimum absolute atomic E-state index is 0.0229. The van der Waals surface area contributed by atoms with Crippen LogP contribution in [0.1, 0.15) is 12.8 Å². The standard InChI is InChI=1S/C21H26N6O2/c1-26-14-18(13-24-26)19-9-16-10-20(23-12-17(16)11-22-19)25-21(28)15-3-5-27(6-4-15)7-8-29-2/h9-15H,3-8H2,1-2H3,(H,23,25,28). The molecule has 0 atom stereocenters. The Morgan fingerprint density at radius 3 is 2.69 bits per heavy atom. The van der Waals surface area contributed by atoms with Crippen molar-refractivity contribution in [3.8, 4) is 11.3 Å². The number of fused-ring (bicyclic) bond motifs is 1. The van der Waals surface area contributed by atoms with Crippen LogP contribution in [0.25, 0.3) is 22.0 Å². The smallest absolute Gasteiger partial charge is 0.228 e. The zero-order valence-electron chi connectivity index (χ0n) is 16.8. The van der Waals surface area contributed by atoms with Crippen molar-refractivity contribution in [2.24, 2.45) is 13.0 Å². The molecule has 0 saturated carbocycles. The predicted molar refractivity (Wildman–Crippen MR) is 111 cm³/mol. The number of piperidine rings is 1. The van der Waals surface area contributed by atoms with E-state index in [4.69, 9.17) is 4.74 Å². The Labute approximate surface area is 169 Å². The van der Waals surface area contributed by atoms with Gasteiger partial charge < -0.3 is 15.0 Å². The molecule has 4 rings (SSSR count). The van der Waals surface area contributed by atoms with Crippen molar-refractivity contribution >= 4 is 22.5 Å². The molecular weight excluding hydrogens is 368 g/mol. The molecule has 3 aromatic rings. The number of aryl methyl sites for hydroxylation is 1. The number of carbonyl (C=O) groups excluding carboxylic acids is 1.